The fourth-order valence-corrected chi connectivity index (χ4v) is 39.4. The number of ether oxygens (including phenoxy) is 2. The molecule has 6 fully saturated rings. The predicted octanol–water partition coefficient (Wildman–Crippen LogP) is 34.9. The summed E-state index contributed by atoms with van der Waals surface area (Å²) in [4.78, 5) is 0. The SMILES string of the molecule is CCCCC1CC2C(c3ccccc3-c3ccccc3)=CC=CC2C1[Si](C)(C)C1C(C)CC2C(c3cc(C(C)(C)C)c(OC)c(C(C)(C)C)c3)=C3CCCC3=CC21.CCCCC1CC2C(c3ccccc3-c3ccccc3)=CC=CC2C1[Si](C)(C)C1C(C)CC2C(c3cc(C(C)(C)C)c(OC)c(C(C)(C)C)c3)=C3CCCC3=CC21.[CH3-].[CH3-].[CH3-].[CH3-].[CH3-].[CH3-].[CH3-].[CH3-].[Hf+4].[Zr+4]. The number of unbranched alkanes of at least 4 members (excludes halogenated alkanes) is 2. The van der Waals surface area contributed by atoms with Crippen LogP contribution in [0.2, 0.25) is 48.4 Å². The zero-order chi connectivity index (χ0) is 80.9. The molecule has 0 spiro atoms. The molecule has 124 heavy (non-hydrogen) atoms. The maximum atomic E-state index is 6.30. The Morgan fingerprint density at radius 1 is 0.371 bits per heavy atom. The molecule has 6 saturated carbocycles. The predicted molar refractivity (Wildman–Crippen MR) is 549 cm³/mol. The molecule has 10 aliphatic rings. The van der Waals surface area contributed by atoms with Gasteiger partial charge in [-0.2, -0.15) is 0 Å². The van der Waals surface area contributed by atoms with Crippen molar-refractivity contribution in [3.8, 4) is 33.8 Å². The first kappa shape index (κ1) is 110. The summed E-state index contributed by atoms with van der Waals surface area (Å²) in [5, 5.41) is 0. The minimum absolute atomic E-state index is 0. The second-order valence-electron chi connectivity index (χ2n) is 43.1. The molecule has 16 atom stereocenters. The molecule has 668 valence electrons. The van der Waals surface area contributed by atoms with Gasteiger partial charge in [0.05, 0.1) is 30.4 Å². The Morgan fingerprint density at radius 3 is 0.976 bits per heavy atom. The van der Waals surface area contributed by atoms with Crippen molar-refractivity contribution in [2.45, 2.75) is 284 Å². The molecule has 0 aromatic heterocycles. The van der Waals surface area contributed by atoms with Gasteiger partial charge in [0.2, 0.25) is 0 Å². The number of benzene rings is 6. The van der Waals surface area contributed by atoms with E-state index in [1.54, 1.807) is 44.6 Å². The number of hydrogen-bond donors (Lipinski definition) is 0. The molecule has 6 aromatic rings. The van der Waals surface area contributed by atoms with Crippen LogP contribution in [0.15, 0.2) is 204 Å². The Labute approximate surface area is 803 Å². The molecule has 0 heterocycles. The van der Waals surface area contributed by atoms with Gasteiger partial charge in [0.1, 0.15) is 11.5 Å². The molecule has 0 saturated heterocycles. The molecule has 0 bridgehead atoms. The summed E-state index contributed by atoms with van der Waals surface area (Å²) in [6.45, 7) is 50.1. The van der Waals surface area contributed by atoms with E-state index in [-0.39, 0.29) is 133 Å². The molecule has 16 rings (SSSR count). The van der Waals surface area contributed by atoms with E-state index in [4.69, 9.17) is 9.47 Å². The van der Waals surface area contributed by atoms with Gasteiger partial charge in [-0.15, -0.1) is 0 Å². The van der Waals surface area contributed by atoms with Gasteiger partial charge < -0.3 is 68.9 Å². The second kappa shape index (κ2) is 43.4. The topological polar surface area (TPSA) is 18.5 Å². The van der Waals surface area contributed by atoms with E-state index >= 15 is 0 Å². The van der Waals surface area contributed by atoms with Gasteiger partial charge >= 0.3 is 52.0 Å². The van der Waals surface area contributed by atoms with Crippen molar-refractivity contribution in [2.24, 2.45) is 71.0 Å². The van der Waals surface area contributed by atoms with Crippen molar-refractivity contribution in [1.29, 1.82) is 0 Å². The molecule has 10 aliphatic carbocycles. The van der Waals surface area contributed by atoms with Crippen LogP contribution in [0.1, 0.15) is 258 Å². The molecule has 0 aliphatic heterocycles. The normalized spacial score (nSPS) is 26.2. The molecular formula is C118H168HfO2Si2Zr. The zero-order valence-corrected chi connectivity index (χ0v) is 91.7. The number of allylic oxidation sites excluding steroid dienone is 16. The number of methoxy groups -OCH3 is 2. The van der Waals surface area contributed by atoms with Crippen LogP contribution in [0.4, 0.5) is 0 Å². The van der Waals surface area contributed by atoms with E-state index in [9.17, 15) is 0 Å². The third-order valence-electron chi connectivity index (χ3n) is 31.2. The van der Waals surface area contributed by atoms with Crippen LogP contribution in [0.5, 0.6) is 11.5 Å². The standard InChI is InChI=1S/2C55H72OSi.8CH3.Hf.Zr/c2*1-12-13-21-38-32-45-43(42-26-18-17-25-40(42)36-22-15-14-16-23-36)28-20-29-44(45)53(38)57(10,11)52-35(2)30-46-47(52)31-37-24-19-27-41(37)50(46)39-33-48(54(3,4)5)51(56-9)49(34-39)55(6,7)8;;;;;;;;;;/h2*14-18,20,22-23,25-26,28-29,31,33-35,38,44-47,52-53H,12-13,19,21,24,27,30,32H2,1-11H3;8*1H3;;/q;;8*-1;2*+4. The van der Waals surface area contributed by atoms with Gasteiger partial charge in [0.15, 0.2) is 0 Å². The Kier molecular flexibility index (Phi) is 38.3. The van der Waals surface area contributed by atoms with E-state index in [1.807, 2.05) is 14.2 Å². The van der Waals surface area contributed by atoms with E-state index in [1.165, 1.54) is 169 Å². The van der Waals surface area contributed by atoms with Gasteiger partial charge in [-0.05, 0) is 292 Å². The third-order valence-corrected chi connectivity index (χ3v) is 41.7. The first-order chi connectivity index (χ1) is 54.3. The minimum Gasteiger partial charge on any atom is -0.496 e. The first-order valence-electron chi connectivity index (χ1n) is 45.7. The fourth-order valence-electron chi connectivity index (χ4n) is 27.0. The van der Waals surface area contributed by atoms with Gasteiger partial charge in [0, 0.05) is 22.3 Å². The summed E-state index contributed by atoms with van der Waals surface area (Å²) in [5.41, 5.74) is 33.4. The van der Waals surface area contributed by atoms with Crippen molar-refractivity contribution in [3.05, 3.63) is 308 Å². The summed E-state index contributed by atoms with van der Waals surface area (Å²) in [6.07, 6.45) is 42.1. The molecule has 6 heteroatoms. The van der Waals surface area contributed by atoms with Crippen LogP contribution in [0.25, 0.3) is 44.5 Å². The third kappa shape index (κ3) is 20.5. The van der Waals surface area contributed by atoms with Crippen LogP contribution in [-0.2, 0) is 73.7 Å². The largest absolute Gasteiger partial charge is 4.00 e. The van der Waals surface area contributed by atoms with Crippen LogP contribution >= 0.6 is 0 Å². The summed E-state index contributed by atoms with van der Waals surface area (Å²) in [7, 11) is 0.0200. The first-order valence-corrected chi connectivity index (χ1v) is 52.0. The molecular weight excluding hydrogens is 1780 g/mol. The molecule has 0 N–H and O–H groups in total. The van der Waals surface area contributed by atoms with E-state index in [0.29, 0.717) is 47.3 Å². The number of fused-ring (bicyclic) bond motifs is 6. The molecule has 6 aromatic carbocycles. The fraction of sp³-hybridized carbons (Fsp3) is 0.492. The minimum atomic E-state index is -1.87. The average Bonchev–Trinajstić information content (AvgIpc) is 1.63. The van der Waals surface area contributed by atoms with Crippen molar-refractivity contribution in [2.75, 3.05) is 14.2 Å². The van der Waals surface area contributed by atoms with Crippen LogP contribution in [0, 0.1) is 130 Å². The van der Waals surface area contributed by atoms with Gasteiger partial charge in [-0.1, -0.05) is 333 Å². The van der Waals surface area contributed by atoms with Crippen LogP contribution < -0.4 is 9.47 Å². The smallest absolute Gasteiger partial charge is 0.496 e. The van der Waals surface area contributed by atoms with Gasteiger partial charge in [0.25, 0.3) is 0 Å². The monoisotopic (exact) mass is 1940 g/mol. The summed E-state index contributed by atoms with van der Waals surface area (Å²) >= 11 is 0. The Balaban J connectivity index is 0.000000408. The summed E-state index contributed by atoms with van der Waals surface area (Å²) in [5.74, 6) is 10.2. The van der Waals surface area contributed by atoms with E-state index in [2.05, 4.69) is 319 Å². The van der Waals surface area contributed by atoms with Gasteiger partial charge in [-0.3, -0.25) is 0 Å². The Morgan fingerprint density at radius 2 is 0.677 bits per heavy atom. The Hall–Kier alpha value is -4.97. The van der Waals surface area contributed by atoms with Crippen molar-refractivity contribution >= 4 is 38.4 Å². The maximum absolute atomic E-state index is 6.30. The summed E-state index contributed by atoms with van der Waals surface area (Å²) in [6, 6.07) is 51.1. The molecule has 16 unspecified atom stereocenters. The molecule has 0 radical (unpaired) electrons. The Bertz CT molecular complexity index is 4440. The van der Waals surface area contributed by atoms with Crippen LogP contribution in [0.3, 0.4) is 0 Å². The van der Waals surface area contributed by atoms with Crippen molar-refractivity contribution in [1.82, 2.24) is 0 Å². The van der Waals surface area contributed by atoms with E-state index in [0.717, 1.165) is 57.3 Å². The van der Waals surface area contributed by atoms with E-state index < -0.39 is 16.1 Å². The molecule has 0 amide bonds. The van der Waals surface area contributed by atoms with Crippen LogP contribution in [-0.4, -0.2) is 30.4 Å². The maximum Gasteiger partial charge on any atom is 4.00 e. The number of rotatable bonds is 18. The zero-order valence-electron chi connectivity index (χ0n) is 83.7. The van der Waals surface area contributed by atoms with Crippen molar-refractivity contribution < 1.29 is 61.5 Å². The number of hydrogen-bond acceptors (Lipinski definition) is 2. The quantitative estimate of drug-likeness (QED) is 0.0631. The summed E-state index contributed by atoms with van der Waals surface area (Å²) < 4.78 is 12.6. The van der Waals surface area contributed by atoms with Gasteiger partial charge in [-0.25, -0.2) is 0 Å². The molecule has 2 nitrogen and oxygen atoms in total. The van der Waals surface area contributed by atoms with Crippen molar-refractivity contribution in [3.63, 3.8) is 0 Å². The second-order valence-corrected chi connectivity index (χ2v) is 53.1. The average molecular weight is 1940 g/mol.